The van der Waals surface area contributed by atoms with Crippen molar-refractivity contribution in [3.05, 3.63) is 44.6 Å². The molecule has 142 valence electrons. The first kappa shape index (κ1) is 17.1. The molecule has 1 aliphatic rings. The van der Waals surface area contributed by atoms with Gasteiger partial charge in [0.15, 0.2) is 0 Å². The second kappa shape index (κ2) is 6.57. The smallest absolute Gasteiger partial charge is 0.450 e. The highest BCUT2D eigenvalue weighted by Crippen LogP contribution is 2.39. The van der Waals surface area contributed by atoms with Crippen molar-refractivity contribution < 1.29 is 14.6 Å². The largest absolute Gasteiger partial charge is 0.506 e. The number of rotatable bonds is 3. The summed E-state index contributed by atoms with van der Waals surface area (Å²) in [7, 11) is 0. The lowest BCUT2D eigenvalue weighted by molar-refractivity contribution is 0.0467. The summed E-state index contributed by atoms with van der Waals surface area (Å²) < 4.78 is 5.83. The van der Waals surface area contributed by atoms with Crippen molar-refractivity contribution in [1.29, 1.82) is 0 Å². The van der Waals surface area contributed by atoms with Crippen LogP contribution in [-0.2, 0) is 17.6 Å². The van der Waals surface area contributed by atoms with Crippen LogP contribution < -0.4 is 10.2 Å². The molecule has 1 unspecified atom stereocenters. The highest BCUT2D eigenvalue weighted by molar-refractivity contribution is 7.19. The summed E-state index contributed by atoms with van der Waals surface area (Å²) in [5.74, 6) is 0.710. The van der Waals surface area contributed by atoms with E-state index < -0.39 is 6.16 Å². The standard InChI is InChI=1S/C18H14N4O4S2/c23-17-22-11-4-1-8(5-13(11)28-17)21-15-14-10-3-2-9(26-18(24)25)6-12(10)27-16(14)20-7-19-15/h1,4-5,7,9H,2-3,6H2,(H,22,23)(H,24,25)(H,19,20,21). The van der Waals surface area contributed by atoms with E-state index in [0.717, 1.165) is 36.6 Å². The molecule has 0 amide bonds. The molecule has 8 nitrogen and oxygen atoms in total. The minimum absolute atomic E-state index is 0.0818. The first-order chi connectivity index (χ1) is 13.6. The molecule has 1 aromatic carbocycles. The van der Waals surface area contributed by atoms with Crippen molar-refractivity contribution in [3.8, 4) is 0 Å². The van der Waals surface area contributed by atoms with Crippen LogP contribution in [0.4, 0.5) is 16.3 Å². The number of aromatic amines is 1. The molecule has 10 heteroatoms. The van der Waals surface area contributed by atoms with E-state index in [2.05, 4.69) is 20.3 Å². The third-order valence-electron chi connectivity index (χ3n) is 4.75. The van der Waals surface area contributed by atoms with Crippen molar-refractivity contribution >= 4 is 60.8 Å². The van der Waals surface area contributed by atoms with E-state index >= 15 is 0 Å². The molecule has 28 heavy (non-hydrogen) atoms. The van der Waals surface area contributed by atoms with Gasteiger partial charge >= 0.3 is 11.0 Å². The maximum absolute atomic E-state index is 11.5. The second-order valence-corrected chi connectivity index (χ2v) is 8.60. The van der Waals surface area contributed by atoms with Crippen molar-refractivity contribution in [1.82, 2.24) is 15.0 Å². The number of aryl methyl sites for hydroxylation is 1. The normalized spacial score (nSPS) is 16.2. The van der Waals surface area contributed by atoms with Gasteiger partial charge in [-0.05, 0) is 36.6 Å². The number of hydrogen-bond acceptors (Lipinski definition) is 8. The van der Waals surface area contributed by atoms with Crippen molar-refractivity contribution in [2.24, 2.45) is 0 Å². The summed E-state index contributed by atoms with van der Waals surface area (Å²) in [6.45, 7) is 0. The number of anilines is 2. The molecule has 1 aliphatic carbocycles. The summed E-state index contributed by atoms with van der Waals surface area (Å²) in [6.07, 6.45) is 1.88. The van der Waals surface area contributed by atoms with Gasteiger partial charge in [0.05, 0.1) is 15.6 Å². The van der Waals surface area contributed by atoms with E-state index in [1.165, 1.54) is 17.7 Å². The predicted octanol–water partition coefficient (Wildman–Crippen LogP) is 3.89. The van der Waals surface area contributed by atoms with E-state index in [4.69, 9.17) is 9.84 Å². The maximum atomic E-state index is 11.5. The van der Waals surface area contributed by atoms with Crippen LogP contribution in [0, 0.1) is 0 Å². The lowest BCUT2D eigenvalue weighted by atomic mass is 9.94. The number of aromatic nitrogens is 3. The van der Waals surface area contributed by atoms with Crippen molar-refractivity contribution in [2.75, 3.05) is 5.32 Å². The fourth-order valence-corrected chi connectivity index (χ4v) is 5.61. The van der Waals surface area contributed by atoms with Gasteiger partial charge in [-0.3, -0.25) is 4.79 Å². The monoisotopic (exact) mass is 414 g/mol. The minimum atomic E-state index is -1.24. The molecular formula is C18H14N4O4S2. The number of ether oxygens (including phenoxy) is 1. The summed E-state index contributed by atoms with van der Waals surface area (Å²) in [5.41, 5.74) is 2.80. The van der Waals surface area contributed by atoms with Crippen LogP contribution in [0.15, 0.2) is 29.3 Å². The minimum Gasteiger partial charge on any atom is -0.450 e. The number of H-pyrrole nitrogens is 1. The predicted molar refractivity (Wildman–Crippen MR) is 108 cm³/mol. The van der Waals surface area contributed by atoms with Gasteiger partial charge in [0, 0.05) is 17.0 Å². The number of thiazole rings is 1. The summed E-state index contributed by atoms with van der Waals surface area (Å²) in [5, 5.41) is 13.2. The SMILES string of the molecule is O=C(O)OC1CCc2c(sc3ncnc(Nc4ccc5[nH]c(=O)sc5c4)c23)C1. The van der Waals surface area contributed by atoms with Gasteiger partial charge in [-0.15, -0.1) is 11.3 Å². The molecule has 0 radical (unpaired) electrons. The Hall–Kier alpha value is -2.98. The summed E-state index contributed by atoms with van der Waals surface area (Å²) in [4.78, 5) is 35.9. The van der Waals surface area contributed by atoms with E-state index in [1.807, 2.05) is 18.2 Å². The number of nitrogens with one attached hydrogen (secondary N) is 2. The molecule has 0 spiro atoms. The molecule has 5 rings (SSSR count). The average molecular weight is 414 g/mol. The number of hydrogen-bond donors (Lipinski definition) is 3. The first-order valence-corrected chi connectivity index (χ1v) is 10.2. The maximum Gasteiger partial charge on any atom is 0.506 e. The quantitative estimate of drug-likeness (QED) is 0.435. The molecule has 0 fully saturated rings. The van der Waals surface area contributed by atoms with Crippen LogP contribution >= 0.6 is 22.7 Å². The number of fused-ring (bicyclic) bond motifs is 4. The Morgan fingerprint density at radius 1 is 1.32 bits per heavy atom. The summed E-state index contributed by atoms with van der Waals surface area (Å²) >= 11 is 2.72. The number of nitrogens with zero attached hydrogens (tertiary/aromatic N) is 2. The van der Waals surface area contributed by atoms with Crippen LogP contribution in [-0.4, -0.2) is 32.3 Å². The van der Waals surface area contributed by atoms with Crippen LogP contribution in [0.25, 0.3) is 20.4 Å². The molecule has 0 saturated heterocycles. The third-order valence-corrected chi connectivity index (χ3v) is 6.76. The van der Waals surface area contributed by atoms with Crippen LogP contribution in [0.5, 0.6) is 0 Å². The van der Waals surface area contributed by atoms with Gasteiger partial charge < -0.3 is 20.1 Å². The average Bonchev–Trinajstić information content (AvgIpc) is 3.20. The van der Waals surface area contributed by atoms with Gasteiger partial charge in [-0.25, -0.2) is 14.8 Å². The lowest BCUT2D eigenvalue weighted by Gasteiger charge is -2.21. The third kappa shape index (κ3) is 3.00. The molecule has 3 aromatic heterocycles. The Morgan fingerprint density at radius 2 is 2.21 bits per heavy atom. The Bertz CT molecular complexity index is 1280. The highest BCUT2D eigenvalue weighted by Gasteiger charge is 2.27. The molecule has 0 bridgehead atoms. The number of benzene rings is 1. The lowest BCUT2D eigenvalue weighted by Crippen LogP contribution is -2.23. The molecular weight excluding hydrogens is 400 g/mol. The number of carboxylic acid groups (broad SMARTS) is 1. The number of carbonyl (C=O) groups is 1. The van der Waals surface area contributed by atoms with Crippen LogP contribution in [0.2, 0.25) is 0 Å². The fraction of sp³-hybridized carbons (Fsp3) is 0.222. The zero-order chi connectivity index (χ0) is 19.3. The Balaban J connectivity index is 1.52. The van der Waals surface area contributed by atoms with Crippen LogP contribution in [0.3, 0.4) is 0 Å². The molecule has 4 aromatic rings. The van der Waals surface area contributed by atoms with E-state index in [1.54, 1.807) is 11.3 Å². The molecule has 3 heterocycles. The molecule has 3 N–H and O–H groups in total. The Labute approximate surface area is 165 Å². The topological polar surface area (TPSA) is 117 Å². The second-order valence-electron chi connectivity index (χ2n) is 6.51. The van der Waals surface area contributed by atoms with Crippen molar-refractivity contribution in [2.45, 2.75) is 25.4 Å². The van der Waals surface area contributed by atoms with Crippen LogP contribution in [0.1, 0.15) is 16.9 Å². The van der Waals surface area contributed by atoms with E-state index in [9.17, 15) is 9.59 Å². The Kier molecular flexibility index (Phi) is 4.02. The zero-order valence-corrected chi connectivity index (χ0v) is 16.0. The molecule has 0 saturated carbocycles. The van der Waals surface area contributed by atoms with Gasteiger partial charge in [0.25, 0.3) is 0 Å². The van der Waals surface area contributed by atoms with Gasteiger partial charge in [-0.2, -0.15) is 0 Å². The fourth-order valence-electron chi connectivity index (χ4n) is 3.58. The van der Waals surface area contributed by atoms with Gasteiger partial charge in [0.2, 0.25) is 0 Å². The molecule has 1 atom stereocenters. The van der Waals surface area contributed by atoms with Crippen molar-refractivity contribution in [3.63, 3.8) is 0 Å². The highest BCUT2D eigenvalue weighted by atomic mass is 32.1. The molecule has 0 aliphatic heterocycles. The zero-order valence-electron chi connectivity index (χ0n) is 14.4. The Morgan fingerprint density at radius 3 is 3.07 bits per heavy atom. The number of thiophene rings is 1. The summed E-state index contributed by atoms with van der Waals surface area (Å²) in [6, 6.07) is 5.68. The van der Waals surface area contributed by atoms with Gasteiger partial charge in [-0.1, -0.05) is 11.3 Å². The van der Waals surface area contributed by atoms with Gasteiger partial charge in [0.1, 0.15) is 23.1 Å². The first-order valence-electron chi connectivity index (χ1n) is 8.61. The van der Waals surface area contributed by atoms with E-state index in [-0.39, 0.29) is 11.0 Å². The van der Waals surface area contributed by atoms with E-state index in [0.29, 0.717) is 25.1 Å².